The molecule has 3 rings (SSSR count). The number of halogens is 2. The van der Waals surface area contributed by atoms with Crippen LogP contribution >= 0.6 is 0 Å². The first-order valence-electron chi connectivity index (χ1n) is 7.60. The van der Waals surface area contributed by atoms with Gasteiger partial charge in [-0.15, -0.1) is 0 Å². The molecule has 0 spiro atoms. The van der Waals surface area contributed by atoms with E-state index < -0.39 is 23.6 Å². The third-order valence-electron chi connectivity index (χ3n) is 3.94. The largest absolute Gasteiger partial charge is 0.347 e. The predicted octanol–water partition coefficient (Wildman–Crippen LogP) is 2.50. The number of nitrogens with one attached hydrogen (secondary N) is 1. The normalized spacial score (nSPS) is 17.2. The molecule has 1 aliphatic heterocycles. The van der Waals surface area contributed by atoms with Crippen molar-refractivity contribution in [3.05, 3.63) is 71.3 Å². The molecule has 124 valence electrons. The number of likely N-dealkylation sites (tertiary alicyclic amines) is 1. The van der Waals surface area contributed by atoms with Crippen molar-refractivity contribution in [3.8, 4) is 0 Å². The quantitative estimate of drug-likeness (QED) is 0.936. The lowest BCUT2D eigenvalue weighted by Crippen LogP contribution is -2.37. The topological polar surface area (TPSA) is 49.4 Å². The lowest BCUT2D eigenvalue weighted by Gasteiger charge is -2.17. The molecule has 0 aromatic heterocycles. The smallest absolute Gasteiger partial charge is 0.254 e. The second-order valence-electron chi connectivity index (χ2n) is 5.76. The van der Waals surface area contributed by atoms with Crippen LogP contribution in [0.25, 0.3) is 0 Å². The molecule has 0 radical (unpaired) electrons. The molecule has 0 aliphatic carbocycles. The molecule has 4 nitrogen and oxygen atoms in total. The van der Waals surface area contributed by atoms with E-state index in [1.807, 2.05) is 30.3 Å². The number of benzene rings is 2. The van der Waals surface area contributed by atoms with E-state index in [1.165, 1.54) is 0 Å². The second-order valence-corrected chi connectivity index (χ2v) is 5.76. The lowest BCUT2D eigenvalue weighted by molar-refractivity contribution is -0.128. The summed E-state index contributed by atoms with van der Waals surface area (Å²) >= 11 is 0. The van der Waals surface area contributed by atoms with Crippen molar-refractivity contribution in [3.63, 3.8) is 0 Å². The Morgan fingerprint density at radius 3 is 2.67 bits per heavy atom. The fraction of sp³-hybridized carbons (Fsp3) is 0.222. The Hall–Kier alpha value is -2.76. The Morgan fingerprint density at radius 2 is 1.92 bits per heavy atom. The van der Waals surface area contributed by atoms with E-state index in [9.17, 15) is 18.4 Å². The van der Waals surface area contributed by atoms with E-state index in [-0.39, 0.29) is 17.9 Å². The molecule has 0 bridgehead atoms. The fourth-order valence-electron chi connectivity index (χ4n) is 2.76. The number of nitrogens with zero attached hydrogens (tertiary/aromatic N) is 1. The molecule has 2 amide bonds. The molecule has 24 heavy (non-hydrogen) atoms. The Balaban J connectivity index is 1.63. The van der Waals surface area contributed by atoms with Gasteiger partial charge in [-0.25, -0.2) is 8.78 Å². The minimum absolute atomic E-state index is 0.0798. The van der Waals surface area contributed by atoms with Crippen molar-refractivity contribution in [2.75, 3.05) is 6.54 Å². The highest BCUT2D eigenvalue weighted by Crippen LogP contribution is 2.16. The maximum absolute atomic E-state index is 13.6. The van der Waals surface area contributed by atoms with Gasteiger partial charge < -0.3 is 10.2 Å². The van der Waals surface area contributed by atoms with Crippen molar-refractivity contribution in [2.24, 2.45) is 0 Å². The lowest BCUT2D eigenvalue weighted by atomic mass is 10.1. The summed E-state index contributed by atoms with van der Waals surface area (Å²) in [7, 11) is 0. The first-order chi connectivity index (χ1) is 11.5. The summed E-state index contributed by atoms with van der Waals surface area (Å²) in [5, 5.41) is 2.60. The van der Waals surface area contributed by atoms with Crippen LogP contribution in [0.15, 0.2) is 48.5 Å². The summed E-state index contributed by atoms with van der Waals surface area (Å²) in [6.45, 7) is 0.802. The van der Waals surface area contributed by atoms with Crippen LogP contribution in [0.3, 0.4) is 0 Å². The Labute approximate surface area is 138 Å². The van der Waals surface area contributed by atoms with Gasteiger partial charge in [-0.2, -0.15) is 0 Å². The van der Waals surface area contributed by atoms with Gasteiger partial charge in [0.2, 0.25) is 5.91 Å². The van der Waals surface area contributed by atoms with E-state index >= 15 is 0 Å². The monoisotopic (exact) mass is 330 g/mol. The van der Waals surface area contributed by atoms with Crippen molar-refractivity contribution >= 4 is 11.8 Å². The first-order valence-corrected chi connectivity index (χ1v) is 7.60. The Bertz CT molecular complexity index is 765. The van der Waals surface area contributed by atoms with E-state index in [4.69, 9.17) is 0 Å². The van der Waals surface area contributed by atoms with Gasteiger partial charge in [-0.05, 0) is 23.8 Å². The summed E-state index contributed by atoms with van der Waals surface area (Å²) in [6.07, 6.45) is 0.148. The molecule has 1 saturated heterocycles. The molecule has 0 unspecified atom stereocenters. The predicted molar refractivity (Wildman–Crippen MR) is 84.1 cm³/mol. The van der Waals surface area contributed by atoms with Crippen LogP contribution in [0, 0.1) is 11.6 Å². The SMILES string of the molecule is O=C(N[C@H]1CC(=O)N(Cc2ccccc2)C1)c1cc(F)ccc1F. The molecular formula is C18H16F2N2O2. The van der Waals surface area contributed by atoms with Gasteiger partial charge in [0.15, 0.2) is 0 Å². The second kappa shape index (κ2) is 6.78. The van der Waals surface area contributed by atoms with E-state index in [1.54, 1.807) is 4.90 Å². The summed E-state index contributed by atoms with van der Waals surface area (Å²) in [6, 6.07) is 11.8. The molecule has 2 aromatic carbocycles. The molecule has 1 fully saturated rings. The summed E-state index contributed by atoms with van der Waals surface area (Å²) in [5.74, 6) is -2.27. The summed E-state index contributed by atoms with van der Waals surface area (Å²) in [5.41, 5.74) is 0.637. The van der Waals surface area contributed by atoms with Crippen LogP contribution in [-0.4, -0.2) is 29.3 Å². The van der Waals surface area contributed by atoms with Gasteiger partial charge in [0.1, 0.15) is 11.6 Å². The van der Waals surface area contributed by atoms with Gasteiger partial charge >= 0.3 is 0 Å². The van der Waals surface area contributed by atoms with Gasteiger partial charge in [0.25, 0.3) is 5.91 Å². The van der Waals surface area contributed by atoms with Crippen molar-refractivity contribution in [1.82, 2.24) is 10.2 Å². The zero-order valence-corrected chi connectivity index (χ0v) is 12.8. The Morgan fingerprint density at radius 1 is 1.17 bits per heavy atom. The minimum Gasteiger partial charge on any atom is -0.347 e. The number of rotatable bonds is 4. The van der Waals surface area contributed by atoms with Gasteiger partial charge in [0.05, 0.1) is 11.6 Å². The van der Waals surface area contributed by atoms with Crippen molar-refractivity contribution in [1.29, 1.82) is 0 Å². The number of hydrogen-bond donors (Lipinski definition) is 1. The standard InChI is InChI=1S/C18H16F2N2O2/c19-13-6-7-16(20)15(8-13)18(24)21-14-9-17(23)22(11-14)10-12-4-2-1-3-5-12/h1-8,14H,9-11H2,(H,21,24)/t14-/m0/s1. The third kappa shape index (κ3) is 3.59. The number of carbonyl (C=O) groups is 2. The molecule has 6 heteroatoms. The molecular weight excluding hydrogens is 314 g/mol. The molecule has 1 N–H and O–H groups in total. The molecule has 1 aliphatic rings. The Kier molecular flexibility index (Phi) is 4.55. The highest BCUT2D eigenvalue weighted by atomic mass is 19.1. The maximum atomic E-state index is 13.6. The molecule has 0 saturated carbocycles. The van der Waals surface area contributed by atoms with Gasteiger partial charge in [-0.1, -0.05) is 30.3 Å². The van der Waals surface area contributed by atoms with Crippen LogP contribution in [0.1, 0.15) is 22.3 Å². The zero-order chi connectivity index (χ0) is 17.1. The van der Waals surface area contributed by atoms with Gasteiger partial charge in [0, 0.05) is 19.5 Å². The average molecular weight is 330 g/mol. The van der Waals surface area contributed by atoms with E-state index in [0.29, 0.717) is 13.1 Å². The van der Waals surface area contributed by atoms with E-state index in [0.717, 1.165) is 23.8 Å². The highest BCUT2D eigenvalue weighted by molar-refractivity contribution is 5.95. The van der Waals surface area contributed by atoms with Crippen LogP contribution in [0.4, 0.5) is 8.78 Å². The number of carbonyl (C=O) groups excluding carboxylic acids is 2. The van der Waals surface area contributed by atoms with Crippen LogP contribution in [-0.2, 0) is 11.3 Å². The van der Waals surface area contributed by atoms with Gasteiger partial charge in [-0.3, -0.25) is 9.59 Å². The number of hydrogen-bond acceptors (Lipinski definition) is 2. The first kappa shape index (κ1) is 16.1. The van der Waals surface area contributed by atoms with Crippen molar-refractivity contribution < 1.29 is 18.4 Å². The molecule has 1 atom stereocenters. The fourth-order valence-corrected chi connectivity index (χ4v) is 2.76. The van der Waals surface area contributed by atoms with E-state index in [2.05, 4.69) is 5.32 Å². The zero-order valence-electron chi connectivity index (χ0n) is 12.8. The molecule has 1 heterocycles. The van der Waals surface area contributed by atoms with Crippen molar-refractivity contribution in [2.45, 2.75) is 19.0 Å². The molecule has 2 aromatic rings. The minimum atomic E-state index is -0.792. The van der Waals surface area contributed by atoms with Crippen LogP contribution in [0.5, 0.6) is 0 Å². The van der Waals surface area contributed by atoms with Crippen LogP contribution < -0.4 is 5.32 Å². The highest BCUT2D eigenvalue weighted by Gasteiger charge is 2.31. The number of amides is 2. The summed E-state index contributed by atoms with van der Waals surface area (Å²) < 4.78 is 26.8. The summed E-state index contributed by atoms with van der Waals surface area (Å²) in [4.78, 5) is 25.8. The maximum Gasteiger partial charge on any atom is 0.254 e. The van der Waals surface area contributed by atoms with Crippen LogP contribution in [0.2, 0.25) is 0 Å². The average Bonchev–Trinajstić information content (AvgIpc) is 2.90. The third-order valence-corrected chi connectivity index (χ3v) is 3.94.